The number of aromatic hydroxyl groups is 1. The second-order valence-electron chi connectivity index (χ2n) is 7.65. The lowest BCUT2D eigenvalue weighted by atomic mass is 9.98. The number of carbonyl (C=O) groups excluding carboxylic acids is 1. The minimum Gasteiger partial charge on any atom is -0.502 e. The van der Waals surface area contributed by atoms with E-state index in [9.17, 15) is 29.9 Å². The summed E-state index contributed by atoms with van der Waals surface area (Å²) in [6.45, 7) is 0.0247. The summed E-state index contributed by atoms with van der Waals surface area (Å²) in [7, 11) is 0. The highest BCUT2D eigenvalue weighted by atomic mass is 16.6. The van der Waals surface area contributed by atoms with Gasteiger partial charge in [0.1, 0.15) is 12.6 Å². The van der Waals surface area contributed by atoms with Crippen LogP contribution in [0.1, 0.15) is 22.6 Å². The first kappa shape index (κ1) is 21.8. The summed E-state index contributed by atoms with van der Waals surface area (Å²) in [5.41, 5.74) is 3.91. The molecule has 168 valence electrons. The maximum absolute atomic E-state index is 12.4. The highest BCUT2D eigenvalue weighted by molar-refractivity contribution is 5.81. The number of carboxylic acids is 1. The number of rotatable bonds is 7. The van der Waals surface area contributed by atoms with Crippen LogP contribution in [0.3, 0.4) is 0 Å². The summed E-state index contributed by atoms with van der Waals surface area (Å²) in [5.74, 6) is -2.02. The first-order valence-corrected chi connectivity index (χ1v) is 10.2. The summed E-state index contributed by atoms with van der Waals surface area (Å²) in [6.07, 6.45) is -1.13. The molecule has 0 spiro atoms. The minimum atomic E-state index is -1.37. The third kappa shape index (κ3) is 4.47. The molecule has 0 saturated heterocycles. The summed E-state index contributed by atoms with van der Waals surface area (Å²) < 4.78 is 5.38. The highest BCUT2D eigenvalue weighted by Gasteiger charge is 2.30. The molecule has 33 heavy (non-hydrogen) atoms. The number of fused-ring (bicyclic) bond motifs is 3. The van der Waals surface area contributed by atoms with Gasteiger partial charge in [0.2, 0.25) is 0 Å². The van der Waals surface area contributed by atoms with Gasteiger partial charge in [-0.15, -0.1) is 0 Å². The van der Waals surface area contributed by atoms with E-state index in [0.29, 0.717) is 0 Å². The summed E-state index contributed by atoms with van der Waals surface area (Å²) in [4.78, 5) is 34.3. The van der Waals surface area contributed by atoms with Crippen molar-refractivity contribution in [1.82, 2.24) is 5.32 Å². The molecule has 0 radical (unpaired) electrons. The molecule has 1 amide bonds. The number of amides is 1. The van der Waals surface area contributed by atoms with E-state index in [1.54, 1.807) is 0 Å². The van der Waals surface area contributed by atoms with Crippen LogP contribution in [0.2, 0.25) is 0 Å². The molecule has 0 heterocycles. The number of hydrogen-bond acceptors (Lipinski definition) is 6. The molecule has 4 rings (SSSR count). The summed E-state index contributed by atoms with van der Waals surface area (Å²) >= 11 is 0. The number of phenolic OH excluding ortho intramolecular Hbond substituents is 1. The fraction of sp³-hybridized carbons (Fsp3) is 0.167. The van der Waals surface area contributed by atoms with E-state index >= 15 is 0 Å². The minimum absolute atomic E-state index is 0.0247. The van der Waals surface area contributed by atoms with Gasteiger partial charge in [-0.25, -0.2) is 9.59 Å². The van der Waals surface area contributed by atoms with Crippen LogP contribution in [0.25, 0.3) is 11.1 Å². The van der Waals surface area contributed by atoms with Gasteiger partial charge in [0.05, 0.1) is 4.92 Å². The van der Waals surface area contributed by atoms with Crippen molar-refractivity contribution in [3.8, 4) is 16.9 Å². The molecule has 3 aromatic rings. The number of carbonyl (C=O) groups is 2. The molecular formula is C24H20N2O7. The van der Waals surface area contributed by atoms with E-state index in [-0.39, 0.29) is 24.5 Å². The van der Waals surface area contributed by atoms with Gasteiger partial charge in [-0.3, -0.25) is 10.1 Å². The van der Waals surface area contributed by atoms with Crippen molar-refractivity contribution in [3.05, 3.63) is 93.5 Å². The number of nitro benzene ring substituents is 1. The van der Waals surface area contributed by atoms with Crippen molar-refractivity contribution in [2.75, 3.05) is 6.61 Å². The Labute approximate surface area is 188 Å². The van der Waals surface area contributed by atoms with Crippen LogP contribution in [-0.4, -0.2) is 39.8 Å². The van der Waals surface area contributed by atoms with Crippen molar-refractivity contribution in [2.24, 2.45) is 0 Å². The molecule has 9 heteroatoms. The van der Waals surface area contributed by atoms with Crippen molar-refractivity contribution in [1.29, 1.82) is 0 Å². The molecule has 0 saturated carbocycles. The number of phenols is 1. The predicted octanol–water partition coefficient (Wildman–Crippen LogP) is 3.83. The third-order valence-corrected chi connectivity index (χ3v) is 5.61. The van der Waals surface area contributed by atoms with Crippen molar-refractivity contribution in [3.63, 3.8) is 0 Å². The van der Waals surface area contributed by atoms with Gasteiger partial charge in [0.25, 0.3) is 0 Å². The fourth-order valence-electron chi connectivity index (χ4n) is 4.06. The maximum atomic E-state index is 12.4. The fourth-order valence-corrected chi connectivity index (χ4v) is 4.06. The zero-order valence-corrected chi connectivity index (χ0v) is 17.3. The smallest absolute Gasteiger partial charge is 0.407 e. The summed E-state index contributed by atoms with van der Waals surface area (Å²) in [6, 6.07) is 17.8. The SMILES string of the molecule is O=C(N[C@@H](Cc1ccc(O)c([N+](=O)[O-])c1)C(=O)O)OCC1c2ccccc2-c2ccccc21. The first-order valence-electron chi connectivity index (χ1n) is 10.2. The quantitative estimate of drug-likeness (QED) is 0.369. The second-order valence-corrected chi connectivity index (χ2v) is 7.65. The number of carboxylic acid groups (broad SMARTS) is 1. The average Bonchev–Trinajstić information content (AvgIpc) is 3.12. The van der Waals surface area contributed by atoms with E-state index in [2.05, 4.69) is 5.32 Å². The largest absolute Gasteiger partial charge is 0.502 e. The molecule has 0 bridgehead atoms. The normalized spacial score (nSPS) is 13.0. The predicted molar refractivity (Wildman–Crippen MR) is 118 cm³/mol. The highest BCUT2D eigenvalue weighted by Crippen LogP contribution is 2.44. The molecule has 1 aliphatic rings. The van der Waals surface area contributed by atoms with Crippen molar-refractivity contribution in [2.45, 2.75) is 18.4 Å². The molecule has 0 unspecified atom stereocenters. The number of ether oxygens (including phenoxy) is 1. The van der Waals surface area contributed by atoms with Crippen molar-refractivity contribution >= 4 is 17.7 Å². The Bertz CT molecular complexity index is 1200. The number of nitrogens with zero attached hydrogens (tertiary/aromatic N) is 1. The standard InChI is InChI=1S/C24H20N2O7/c27-22-10-9-14(12-21(22)26(31)32)11-20(23(28)29)25-24(30)33-13-19-17-7-3-1-5-15(17)16-6-2-4-8-18(16)19/h1-10,12,19-20,27H,11,13H2,(H,25,30)(H,28,29)/t20-/m0/s1. The number of aliphatic carboxylic acids is 1. The topological polar surface area (TPSA) is 139 Å². The van der Waals surface area contributed by atoms with Crippen LogP contribution >= 0.6 is 0 Å². The number of benzene rings is 3. The zero-order valence-electron chi connectivity index (χ0n) is 17.3. The Morgan fingerprint density at radius 2 is 1.64 bits per heavy atom. The number of hydrogen-bond donors (Lipinski definition) is 3. The Morgan fingerprint density at radius 1 is 1.03 bits per heavy atom. The second kappa shape index (κ2) is 8.99. The lowest BCUT2D eigenvalue weighted by molar-refractivity contribution is -0.385. The molecular weight excluding hydrogens is 428 g/mol. The molecule has 0 aliphatic heterocycles. The molecule has 1 aliphatic carbocycles. The van der Waals surface area contributed by atoms with Crippen molar-refractivity contribution < 1.29 is 29.5 Å². The lowest BCUT2D eigenvalue weighted by Gasteiger charge is -2.17. The molecule has 0 aromatic heterocycles. The number of alkyl carbamates (subject to hydrolysis) is 1. The Hall–Kier alpha value is -4.40. The van der Waals surface area contributed by atoms with Crippen LogP contribution in [0.15, 0.2) is 66.7 Å². The van der Waals surface area contributed by atoms with Crippen LogP contribution < -0.4 is 5.32 Å². The van der Waals surface area contributed by atoms with Crippen LogP contribution in [0, 0.1) is 10.1 Å². The van der Waals surface area contributed by atoms with Gasteiger partial charge in [0.15, 0.2) is 5.75 Å². The van der Waals surface area contributed by atoms with Crippen LogP contribution in [-0.2, 0) is 16.0 Å². The molecule has 1 atom stereocenters. The monoisotopic (exact) mass is 448 g/mol. The molecule has 0 fully saturated rings. The average molecular weight is 448 g/mol. The van der Waals surface area contributed by atoms with E-state index < -0.39 is 34.5 Å². The Balaban J connectivity index is 1.44. The number of nitrogens with one attached hydrogen (secondary N) is 1. The van der Waals surface area contributed by atoms with Crippen LogP contribution in [0.5, 0.6) is 5.75 Å². The third-order valence-electron chi connectivity index (χ3n) is 5.61. The summed E-state index contributed by atoms with van der Waals surface area (Å²) in [5, 5.41) is 32.4. The zero-order chi connectivity index (χ0) is 23.5. The Morgan fingerprint density at radius 3 is 2.21 bits per heavy atom. The van der Waals surface area contributed by atoms with Gasteiger partial charge in [0, 0.05) is 18.4 Å². The first-order chi connectivity index (χ1) is 15.8. The molecule has 9 nitrogen and oxygen atoms in total. The molecule has 3 N–H and O–H groups in total. The Kier molecular flexibility index (Phi) is 5.95. The number of nitro groups is 1. The van der Waals surface area contributed by atoms with E-state index in [1.807, 2.05) is 48.5 Å². The van der Waals surface area contributed by atoms with Crippen LogP contribution in [0.4, 0.5) is 10.5 Å². The van der Waals surface area contributed by atoms with Gasteiger partial charge < -0.3 is 20.3 Å². The van der Waals surface area contributed by atoms with E-state index in [4.69, 9.17) is 4.74 Å². The molecule has 3 aromatic carbocycles. The van der Waals surface area contributed by atoms with Gasteiger partial charge in [-0.05, 0) is 33.9 Å². The lowest BCUT2D eigenvalue weighted by Crippen LogP contribution is -2.42. The van der Waals surface area contributed by atoms with Gasteiger partial charge >= 0.3 is 17.7 Å². The van der Waals surface area contributed by atoms with E-state index in [1.165, 1.54) is 6.07 Å². The maximum Gasteiger partial charge on any atom is 0.407 e. The van der Waals surface area contributed by atoms with Gasteiger partial charge in [-0.1, -0.05) is 54.6 Å². The van der Waals surface area contributed by atoms with E-state index in [0.717, 1.165) is 34.4 Å². The van der Waals surface area contributed by atoms with Gasteiger partial charge in [-0.2, -0.15) is 0 Å².